The van der Waals surface area contributed by atoms with Crippen LogP contribution in [0.2, 0.25) is 0 Å². The molecule has 130 valence electrons. The van der Waals surface area contributed by atoms with E-state index >= 15 is 0 Å². The zero-order valence-electron chi connectivity index (χ0n) is 14.1. The third-order valence-corrected chi connectivity index (χ3v) is 3.52. The molecule has 0 saturated heterocycles. The first kappa shape index (κ1) is 18.3. The van der Waals surface area contributed by atoms with Crippen LogP contribution in [0.1, 0.15) is 27.7 Å². The van der Waals surface area contributed by atoms with E-state index in [2.05, 4.69) is 20.9 Å². The zero-order chi connectivity index (χ0) is 17.9. The molecule has 8 heteroatoms. The van der Waals surface area contributed by atoms with Crippen LogP contribution in [0.3, 0.4) is 0 Å². The normalized spacial score (nSPS) is 11.4. The molecule has 0 aliphatic rings. The zero-order valence-corrected chi connectivity index (χ0v) is 15.7. The van der Waals surface area contributed by atoms with E-state index in [0.717, 1.165) is 5.52 Å². The lowest BCUT2D eigenvalue weighted by Crippen LogP contribution is -2.41. The van der Waals surface area contributed by atoms with Gasteiger partial charge in [-0.1, -0.05) is 6.07 Å². The molecule has 2 rings (SSSR count). The van der Waals surface area contributed by atoms with E-state index in [4.69, 9.17) is 9.47 Å². The maximum atomic E-state index is 12.6. The Labute approximate surface area is 148 Å². The maximum absolute atomic E-state index is 12.6. The Balaban J connectivity index is 2.44. The molecule has 0 unspecified atom stereocenters. The minimum absolute atomic E-state index is 0.229. The van der Waals surface area contributed by atoms with Crippen LogP contribution in [0.5, 0.6) is 0 Å². The number of esters is 1. The summed E-state index contributed by atoms with van der Waals surface area (Å²) < 4.78 is 12.6. The average molecular weight is 398 g/mol. The monoisotopic (exact) mass is 397 g/mol. The van der Waals surface area contributed by atoms with Gasteiger partial charge in [0.1, 0.15) is 16.7 Å². The first-order valence-electron chi connectivity index (χ1n) is 7.51. The van der Waals surface area contributed by atoms with E-state index in [1.54, 1.807) is 38.3 Å². The quantitative estimate of drug-likeness (QED) is 0.739. The highest BCUT2D eigenvalue weighted by molar-refractivity contribution is 9.10. The van der Waals surface area contributed by atoms with Crippen molar-refractivity contribution < 1.29 is 19.1 Å². The highest BCUT2D eigenvalue weighted by Crippen LogP contribution is 2.25. The van der Waals surface area contributed by atoms with Crippen molar-refractivity contribution in [1.82, 2.24) is 9.38 Å². The van der Waals surface area contributed by atoms with Gasteiger partial charge < -0.3 is 9.47 Å². The number of ether oxygens (including phenoxy) is 2. The fourth-order valence-electron chi connectivity index (χ4n) is 2.04. The first-order valence-corrected chi connectivity index (χ1v) is 8.31. The van der Waals surface area contributed by atoms with Crippen molar-refractivity contribution >= 4 is 39.5 Å². The number of fused-ring (bicyclic) bond motifs is 1. The number of anilines is 1. The Morgan fingerprint density at radius 3 is 2.67 bits per heavy atom. The largest absolute Gasteiger partial charge is 0.465 e. The molecule has 0 bridgehead atoms. The molecule has 0 N–H and O–H groups in total. The van der Waals surface area contributed by atoms with Gasteiger partial charge in [-0.2, -0.15) is 0 Å². The Hall–Kier alpha value is -2.09. The summed E-state index contributed by atoms with van der Waals surface area (Å²) in [7, 11) is 0. The van der Waals surface area contributed by atoms with Gasteiger partial charge in [-0.3, -0.25) is 9.20 Å². The first-order chi connectivity index (χ1) is 11.2. The molecule has 0 fully saturated rings. The molecule has 0 atom stereocenters. The van der Waals surface area contributed by atoms with Crippen LogP contribution in [-0.4, -0.2) is 40.2 Å². The van der Waals surface area contributed by atoms with E-state index in [0.29, 0.717) is 4.60 Å². The van der Waals surface area contributed by atoms with E-state index < -0.39 is 17.7 Å². The van der Waals surface area contributed by atoms with Gasteiger partial charge in [-0.05, 0) is 55.8 Å². The molecule has 2 aromatic rings. The summed E-state index contributed by atoms with van der Waals surface area (Å²) in [6, 6.07) is 5.51. The molecule has 0 aromatic carbocycles. The molecule has 0 saturated carbocycles. The highest BCUT2D eigenvalue weighted by atomic mass is 79.9. The summed E-state index contributed by atoms with van der Waals surface area (Å²) in [5.74, 6) is -0.257. The molecule has 2 aromatic heterocycles. The molecular formula is C16H20BrN3O4. The van der Waals surface area contributed by atoms with E-state index in [1.165, 1.54) is 4.90 Å². The summed E-state index contributed by atoms with van der Waals surface area (Å²) in [5.41, 5.74) is 0.0683. The third kappa shape index (κ3) is 4.25. The number of rotatable bonds is 4. The molecule has 7 nitrogen and oxygen atoms in total. The summed E-state index contributed by atoms with van der Waals surface area (Å²) in [6.07, 6.45) is 1.09. The average Bonchev–Trinajstić information content (AvgIpc) is 2.81. The molecule has 0 spiro atoms. The van der Waals surface area contributed by atoms with E-state index in [9.17, 15) is 9.59 Å². The van der Waals surface area contributed by atoms with Crippen LogP contribution in [0.4, 0.5) is 10.7 Å². The van der Waals surface area contributed by atoms with Crippen LogP contribution in [0.25, 0.3) is 5.52 Å². The topological polar surface area (TPSA) is 73.1 Å². The second-order valence-electron chi connectivity index (χ2n) is 6.03. The number of pyridine rings is 1. The molecule has 0 aliphatic heterocycles. The van der Waals surface area contributed by atoms with Gasteiger partial charge in [0.25, 0.3) is 0 Å². The van der Waals surface area contributed by atoms with Crippen LogP contribution in [0, 0.1) is 0 Å². The minimum atomic E-state index is -0.700. The number of amides is 1. The SMILES string of the molecule is CCOC(=O)CN(C(=O)OC(C)(C)C)c1nc(Br)c2ccccn12. The van der Waals surface area contributed by atoms with Crippen LogP contribution >= 0.6 is 15.9 Å². The number of halogens is 1. The highest BCUT2D eigenvalue weighted by Gasteiger charge is 2.29. The predicted octanol–water partition coefficient (Wildman–Crippen LogP) is 3.40. The van der Waals surface area contributed by atoms with Crippen LogP contribution < -0.4 is 4.90 Å². The molecule has 1 amide bonds. The summed E-state index contributed by atoms with van der Waals surface area (Å²) >= 11 is 3.37. The van der Waals surface area contributed by atoms with Gasteiger partial charge in [0.05, 0.1) is 12.1 Å². The minimum Gasteiger partial charge on any atom is -0.465 e. The van der Waals surface area contributed by atoms with E-state index in [1.807, 2.05) is 18.2 Å². The second-order valence-corrected chi connectivity index (χ2v) is 6.78. The number of carbonyl (C=O) groups excluding carboxylic acids is 2. The van der Waals surface area contributed by atoms with Gasteiger partial charge in [0, 0.05) is 6.20 Å². The fraction of sp³-hybridized carbons (Fsp3) is 0.438. The maximum Gasteiger partial charge on any atom is 0.417 e. The lowest BCUT2D eigenvalue weighted by atomic mass is 10.2. The number of nitrogens with zero attached hydrogens (tertiary/aromatic N) is 3. The summed E-state index contributed by atoms with van der Waals surface area (Å²) in [6.45, 7) is 6.92. The molecule has 24 heavy (non-hydrogen) atoms. The fourth-order valence-corrected chi connectivity index (χ4v) is 2.53. The predicted molar refractivity (Wildman–Crippen MR) is 93.1 cm³/mol. The summed E-state index contributed by atoms with van der Waals surface area (Å²) in [5, 5.41) is 0. The Morgan fingerprint density at radius 2 is 2.04 bits per heavy atom. The van der Waals surface area contributed by atoms with E-state index in [-0.39, 0.29) is 19.1 Å². The van der Waals surface area contributed by atoms with Crippen molar-refractivity contribution in [3.63, 3.8) is 0 Å². The van der Waals surface area contributed by atoms with Gasteiger partial charge in [0.2, 0.25) is 5.95 Å². The molecular weight excluding hydrogens is 378 g/mol. The van der Waals surface area contributed by atoms with Crippen molar-refractivity contribution in [1.29, 1.82) is 0 Å². The second kappa shape index (κ2) is 7.21. The number of hydrogen-bond acceptors (Lipinski definition) is 5. The van der Waals surface area contributed by atoms with Gasteiger partial charge in [0.15, 0.2) is 0 Å². The number of aromatic nitrogens is 2. The third-order valence-electron chi connectivity index (χ3n) is 2.93. The number of hydrogen-bond donors (Lipinski definition) is 0. The van der Waals surface area contributed by atoms with Crippen molar-refractivity contribution in [3.05, 3.63) is 29.0 Å². The van der Waals surface area contributed by atoms with Gasteiger partial charge >= 0.3 is 12.1 Å². The molecule has 2 heterocycles. The van der Waals surface area contributed by atoms with Crippen LogP contribution in [-0.2, 0) is 14.3 Å². The van der Waals surface area contributed by atoms with Crippen molar-refractivity contribution in [2.45, 2.75) is 33.3 Å². The lowest BCUT2D eigenvalue weighted by Gasteiger charge is -2.25. The van der Waals surface area contributed by atoms with Gasteiger partial charge in [-0.15, -0.1) is 0 Å². The van der Waals surface area contributed by atoms with Crippen molar-refractivity contribution in [2.75, 3.05) is 18.1 Å². The van der Waals surface area contributed by atoms with Crippen molar-refractivity contribution in [3.8, 4) is 0 Å². The number of carbonyl (C=O) groups is 2. The Morgan fingerprint density at radius 1 is 1.33 bits per heavy atom. The number of imidazole rings is 1. The van der Waals surface area contributed by atoms with Gasteiger partial charge in [-0.25, -0.2) is 14.7 Å². The Bertz CT molecular complexity index is 751. The smallest absolute Gasteiger partial charge is 0.417 e. The standard InChI is InChI=1S/C16H20BrN3O4/c1-5-23-12(21)10-20(15(22)24-16(2,3)4)14-18-13(17)11-8-6-7-9-19(11)14/h6-9H,5,10H2,1-4H3. The summed E-state index contributed by atoms with van der Waals surface area (Å²) in [4.78, 5) is 30.0. The molecule has 0 radical (unpaired) electrons. The molecule has 0 aliphatic carbocycles. The Kier molecular flexibility index (Phi) is 5.48. The van der Waals surface area contributed by atoms with Crippen molar-refractivity contribution in [2.24, 2.45) is 0 Å². The lowest BCUT2D eigenvalue weighted by molar-refractivity contribution is -0.141. The van der Waals surface area contributed by atoms with Crippen LogP contribution in [0.15, 0.2) is 29.0 Å².